The fraction of sp³-hybridized carbons (Fsp3) is 1.00. The van der Waals surface area contributed by atoms with E-state index in [0.29, 0.717) is 11.5 Å². The number of hydrogen-bond acceptors (Lipinski definition) is 2. The molecule has 0 saturated heterocycles. The highest BCUT2D eigenvalue weighted by Crippen LogP contribution is 2.61. The highest BCUT2D eigenvalue weighted by Gasteiger charge is 2.53. The summed E-state index contributed by atoms with van der Waals surface area (Å²) in [5.74, 6) is 3.86. The van der Waals surface area contributed by atoms with Crippen LogP contribution in [0.5, 0.6) is 0 Å². The van der Waals surface area contributed by atoms with Crippen LogP contribution in [-0.4, -0.2) is 25.8 Å². The summed E-state index contributed by atoms with van der Waals surface area (Å²) < 4.78 is 6.09. The van der Waals surface area contributed by atoms with Crippen LogP contribution in [0.3, 0.4) is 0 Å². The Balaban J connectivity index is 1.60. The maximum absolute atomic E-state index is 6.09. The van der Waals surface area contributed by atoms with Crippen molar-refractivity contribution in [2.24, 2.45) is 29.1 Å². The van der Waals surface area contributed by atoms with Gasteiger partial charge in [-0.1, -0.05) is 20.8 Å². The van der Waals surface area contributed by atoms with Gasteiger partial charge in [-0.25, -0.2) is 0 Å². The van der Waals surface area contributed by atoms with E-state index in [2.05, 4.69) is 26.1 Å². The van der Waals surface area contributed by atoms with Gasteiger partial charge >= 0.3 is 0 Å². The number of hydrogen-bond donors (Lipinski definition) is 1. The second-order valence-electron chi connectivity index (χ2n) is 8.65. The number of likely N-dealkylation sites (N-methyl/N-ethyl adjacent to an activating group) is 1. The minimum atomic E-state index is 0.572. The summed E-state index contributed by atoms with van der Waals surface area (Å²) in [4.78, 5) is 0. The standard InChI is InChI=1S/C19H35NO/c1-4-20-18(13-21-6-5-14(2)3)19-10-15-7-16(11-19)9-17(8-15)12-19/h14-18,20H,4-13H2,1-3H3. The second kappa shape index (κ2) is 6.58. The van der Waals surface area contributed by atoms with Crippen LogP contribution < -0.4 is 5.32 Å². The molecular formula is C19H35NO. The third kappa shape index (κ3) is 3.47. The van der Waals surface area contributed by atoms with Crippen LogP contribution in [0.2, 0.25) is 0 Å². The Morgan fingerprint density at radius 3 is 2.10 bits per heavy atom. The summed E-state index contributed by atoms with van der Waals surface area (Å²) in [6.45, 7) is 9.77. The molecule has 0 spiro atoms. The van der Waals surface area contributed by atoms with Crippen molar-refractivity contribution in [2.45, 2.75) is 71.8 Å². The van der Waals surface area contributed by atoms with Crippen molar-refractivity contribution in [2.75, 3.05) is 19.8 Å². The Kier molecular flexibility index (Phi) is 4.95. The molecule has 4 saturated carbocycles. The molecule has 4 rings (SSSR count). The molecule has 2 heteroatoms. The zero-order valence-corrected chi connectivity index (χ0v) is 14.4. The monoisotopic (exact) mass is 293 g/mol. The molecule has 4 aliphatic rings. The van der Waals surface area contributed by atoms with Gasteiger partial charge in [-0.2, -0.15) is 0 Å². The van der Waals surface area contributed by atoms with Crippen LogP contribution in [0.4, 0.5) is 0 Å². The fourth-order valence-electron chi connectivity index (χ4n) is 5.82. The van der Waals surface area contributed by atoms with Crippen LogP contribution in [0.1, 0.15) is 65.7 Å². The molecule has 0 aromatic heterocycles. The molecule has 0 amide bonds. The van der Waals surface area contributed by atoms with Crippen molar-refractivity contribution in [1.29, 1.82) is 0 Å². The predicted octanol–water partition coefficient (Wildman–Crippen LogP) is 4.24. The Morgan fingerprint density at radius 2 is 1.62 bits per heavy atom. The van der Waals surface area contributed by atoms with Crippen molar-refractivity contribution in [1.82, 2.24) is 5.32 Å². The molecule has 4 fully saturated rings. The molecule has 0 heterocycles. The van der Waals surface area contributed by atoms with E-state index in [1.807, 2.05) is 0 Å². The Bertz CT molecular complexity index is 303. The maximum Gasteiger partial charge on any atom is 0.0625 e. The van der Waals surface area contributed by atoms with E-state index < -0.39 is 0 Å². The molecule has 0 aromatic carbocycles. The first kappa shape index (κ1) is 15.8. The van der Waals surface area contributed by atoms with Crippen molar-refractivity contribution in [3.63, 3.8) is 0 Å². The third-order valence-electron chi connectivity index (χ3n) is 6.40. The van der Waals surface area contributed by atoms with E-state index in [1.165, 1.54) is 44.9 Å². The summed E-state index contributed by atoms with van der Waals surface area (Å²) in [5.41, 5.74) is 0.572. The normalized spacial score (nSPS) is 39.1. The Labute approximate surface area is 131 Å². The zero-order valence-electron chi connectivity index (χ0n) is 14.4. The minimum absolute atomic E-state index is 0.572. The van der Waals surface area contributed by atoms with E-state index in [4.69, 9.17) is 4.74 Å². The summed E-state index contributed by atoms with van der Waals surface area (Å²) in [5, 5.41) is 3.80. The molecule has 1 atom stereocenters. The molecule has 2 nitrogen and oxygen atoms in total. The molecule has 0 aliphatic heterocycles. The molecule has 1 N–H and O–H groups in total. The van der Waals surface area contributed by atoms with Gasteiger partial charge in [-0.3, -0.25) is 0 Å². The third-order valence-corrected chi connectivity index (χ3v) is 6.40. The first-order valence-corrected chi connectivity index (χ1v) is 9.42. The van der Waals surface area contributed by atoms with Crippen LogP contribution in [0.15, 0.2) is 0 Å². The van der Waals surface area contributed by atoms with Gasteiger partial charge in [0.2, 0.25) is 0 Å². The topological polar surface area (TPSA) is 21.3 Å². The second-order valence-corrected chi connectivity index (χ2v) is 8.65. The molecule has 4 aliphatic carbocycles. The van der Waals surface area contributed by atoms with Crippen molar-refractivity contribution in [3.8, 4) is 0 Å². The number of ether oxygens (including phenoxy) is 1. The van der Waals surface area contributed by atoms with E-state index in [0.717, 1.165) is 43.4 Å². The van der Waals surface area contributed by atoms with Crippen molar-refractivity contribution < 1.29 is 4.74 Å². The maximum atomic E-state index is 6.09. The average molecular weight is 293 g/mol. The molecule has 0 radical (unpaired) electrons. The van der Waals surface area contributed by atoms with Gasteiger partial charge in [0, 0.05) is 12.6 Å². The van der Waals surface area contributed by atoms with Crippen molar-refractivity contribution >= 4 is 0 Å². The molecule has 1 unspecified atom stereocenters. The lowest BCUT2D eigenvalue weighted by molar-refractivity contribution is -0.0887. The lowest BCUT2D eigenvalue weighted by atomic mass is 9.47. The van der Waals surface area contributed by atoms with Gasteiger partial charge < -0.3 is 10.1 Å². The lowest BCUT2D eigenvalue weighted by Crippen LogP contribution is -2.57. The largest absolute Gasteiger partial charge is 0.380 e. The van der Waals surface area contributed by atoms with Crippen molar-refractivity contribution in [3.05, 3.63) is 0 Å². The predicted molar refractivity (Wildman–Crippen MR) is 88.3 cm³/mol. The fourth-order valence-corrected chi connectivity index (χ4v) is 5.82. The lowest BCUT2D eigenvalue weighted by Gasteiger charge is -2.59. The molecular weight excluding hydrogens is 258 g/mol. The van der Waals surface area contributed by atoms with Crippen LogP contribution in [0.25, 0.3) is 0 Å². The van der Waals surface area contributed by atoms with E-state index >= 15 is 0 Å². The molecule has 0 aromatic rings. The van der Waals surface area contributed by atoms with Gasteiger partial charge in [0.1, 0.15) is 0 Å². The van der Waals surface area contributed by atoms with Crippen LogP contribution in [-0.2, 0) is 4.74 Å². The average Bonchev–Trinajstić information content (AvgIpc) is 2.40. The highest BCUT2D eigenvalue weighted by atomic mass is 16.5. The van der Waals surface area contributed by atoms with Gasteiger partial charge in [-0.15, -0.1) is 0 Å². The first-order valence-electron chi connectivity index (χ1n) is 9.42. The quantitative estimate of drug-likeness (QED) is 0.676. The number of rotatable bonds is 8. The molecule has 21 heavy (non-hydrogen) atoms. The zero-order chi connectivity index (χ0) is 14.9. The highest BCUT2D eigenvalue weighted by molar-refractivity contribution is 5.06. The van der Waals surface area contributed by atoms with Gasteiger partial charge in [0.15, 0.2) is 0 Å². The van der Waals surface area contributed by atoms with Crippen LogP contribution >= 0.6 is 0 Å². The van der Waals surface area contributed by atoms with E-state index in [9.17, 15) is 0 Å². The smallest absolute Gasteiger partial charge is 0.0625 e. The molecule has 122 valence electrons. The minimum Gasteiger partial charge on any atom is -0.380 e. The van der Waals surface area contributed by atoms with Gasteiger partial charge in [0.05, 0.1) is 6.61 Å². The Hall–Kier alpha value is -0.0800. The summed E-state index contributed by atoms with van der Waals surface area (Å²) in [6.07, 6.45) is 10.2. The van der Waals surface area contributed by atoms with Gasteiger partial charge in [-0.05, 0) is 80.6 Å². The number of nitrogens with one attached hydrogen (secondary N) is 1. The van der Waals surface area contributed by atoms with E-state index in [-0.39, 0.29) is 0 Å². The molecule has 4 bridgehead atoms. The summed E-state index contributed by atoms with van der Waals surface area (Å²) >= 11 is 0. The SMILES string of the molecule is CCNC(COCCC(C)C)C12CC3CC(CC(C3)C1)C2. The Morgan fingerprint density at radius 1 is 1.05 bits per heavy atom. The van der Waals surface area contributed by atoms with Gasteiger partial charge in [0.25, 0.3) is 0 Å². The summed E-state index contributed by atoms with van der Waals surface area (Å²) in [6, 6.07) is 0.600. The first-order chi connectivity index (χ1) is 10.1. The summed E-state index contributed by atoms with van der Waals surface area (Å²) in [7, 11) is 0. The van der Waals surface area contributed by atoms with E-state index in [1.54, 1.807) is 0 Å². The van der Waals surface area contributed by atoms with Crippen LogP contribution in [0, 0.1) is 29.1 Å².